The molecule has 1 aliphatic carbocycles. The van der Waals surface area contributed by atoms with Gasteiger partial charge in [0.2, 0.25) is 10.0 Å². The fourth-order valence-corrected chi connectivity index (χ4v) is 6.81. The van der Waals surface area contributed by atoms with Gasteiger partial charge in [-0.25, -0.2) is 8.42 Å². The van der Waals surface area contributed by atoms with Crippen LogP contribution in [0.15, 0.2) is 11.1 Å². The smallest absolute Gasteiger partial charge is 0.246 e. The van der Waals surface area contributed by atoms with Gasteiger partial charge in [0, 0.05) is 45.0 Å². The fraction of sp³-hybridized carbons (Fsp3) is 0.833. The molecule has 146 valence electrons. The predicted octanol–water partition coefficient (Wildman–Crippen LogP) is 1.33. The zero-order chi connectivity index (χ0) is 18.3. The van der Waals surface area contributed by atoms with E-state index in [-0.39, 0.29) is 0 Å². The van der Waals surface area contributed by atoms with Gasteiger partial charge in [-0.15, -0.1) is 0 Å². The summed E-state index contributed by atoms with van der Waals surface area (Å²) in [5.74, 6) is 0.855. The first-order valence-corrected chi connectivity index (χ1v) is 11.3. The SMILES string of the molecule is CCn1cc(S(=O)(=O)N2CC3CCCC(C2)C3N2CCOCC2)c(C)n1. The Hall–Kier alpha value is -0.960. The van der Waals surface area contributed by atoms with E-state index in [9.17, 15) is 8.42 Å². The molecule has 0 amide bonds. The normalized spacial score (nSPS) is 31.2. The minimum Gasteiger partial charge on any atom is -0.379 e. The Morgan fingerprint density at radius 3 is 2.42 bits per heavy atom. The first kappa shape index (κ1) is 18.4. The van der Waals surface area contributed by atoms with Crippen LogP contribution in [0.25, 0.3) is 0 Å². The number of piperidine rings is 1. The molecule has 0 radical (unpaired) electrons. The molecule has 1 saturated carbocycles. The van der Waals surface area contributed by atoms with E-state index in [0.29, 0.717) is 48.1 Å². The fourth-order valence-electron chi connectivity index (χ4n) is 5.09. The van der Waals surface area contributed by atoms with Crippen LogP contribution in [0.4, 0.5) is 0 Å². The largest absolute Gasteiger partial charge is 0.379 e. The monoisotopic (exact) mass is 382 g/mol. The molecule has 3 heterocycles. The minimum absolute atomic E-state index is 0.377. The van der Waals surface area contributed by atoms with Crippen molar-refractivity contribution in [3.8, 4) is 0 Å². The van der Waals surface area contributed by atoms with Gasteiger partial charge in [-0.2, -0.15) is 9.40 Å². The molecule has 0 N–H and O–H groups in total. The lowest BCUT2D eigenvalue weighted by Crippen LogP contribution is -2.60. The lowest BCUT2D eigenvalue weighted by Gasteiger charge is -2.51. The average Bonchev–Trinajstić information content (AvgIpc) is 3.03. The highest BCUT2D eigenvalue weighted by Gasteiger charge is 2.46. The van der Waals surface area contributed by atoms with Crippen LogP contribution in [0.3, 0.4) is 0 Å². The summed E-state index contributed by atoms with van der Waals surface area (Å²) in [6.07, 6.45) is 5.15. The van der Waals surface area contributed by atoms with E-state index in [1.165, 1.54) is 6.42 Å². The summed E-state index contributed by atoms with van der Waals surface area (Å²) in [5, 5.41) is 4.34. The van der Waals surface area contributed by atoms with E-state index in [0.717, 1.165) is 39.1 Å². The summed E-state index contributed by atoms with van der Waals surface area (Å²) < 4.78 is 35.5. The third-order valence-corrected chi connectivity index (χ3v) is 8.24. The van der Waals surface area contributed by atoms with Gasteiger partial charge in [0.15, 0.2) is 0 Å². The Morgan fingerprint density at radius 2 is 1.85 bits per heavy atom. The summed E-state index contributed by atoms with van der Waals surface area (Å²) in [4.78, 5) is 2.93. The van der Waals surface area contributed by atoms with Gasteiger partial charge in [0.05, 0.1) is 18.9 Å². The van der Waals surface area contributed by atoms with Crippen molar-refractivity contribution in [1.82, 2.24) is 19.0 Å². The van der Waals surface area contributed by atoms with E-state index in [2.05, 4.69) is 10.00 Å². The van der Waals surface area contributed by atoms with Crippen molar-refractivity contribution in [3.63, 3.8) is 0 Å². The van der Waals surface area contributed by atoms with Crippen molar-refractivity contribution >= 4 is 10.0 Å². The van der Waals surface area contributed by atoms with Gasteiger partial charge >= 0.3 is 0 Å². The van der Waals surface area contributed by atoms with Crippen LogP contribution < -0.4 is 0 Å². The number of nitrogens with zero attached hydrogens (tertiary/aromatic N) is 4. The Bertz CT molecular complexity index is 728. The quantitative estimate of drug-likeness (QED) is 0.786. The number of sulfonamides is 1. The maximum atomic E-state index is 13.3. The van der Waals surface area contributed by atoms with Crippen molar-refractivity contribution in [2.75, 3.05) is 39.4 Å². The van der Waals surface area contributed by atoms with Crippen LogP contribution in [0.5, 0.6) is 0 Å². The topological polar surface area (TPSA) is 67.7 Å². The second-order valence-electron chi connectivity index (χ2n) is 7.85. The molecule has 3 aliphatic rings. The minimum atomic E-state index is -3.47. The van der Waals surface area contributed by atoms with Crippen molar-refractivity contribution in [2.45, 2.75) is 50.6 Å². The van der Waals surface area contributed by atoms with Crippen LogP contribution in [0.1, 0.15) is 31.9 Å². The second-order valence-corrected chi connectivity index (χ2v) is 9.75. The Kier molecular flexibility index (Phi) is 5.11. The van der Waals surface area contributed by atoms with Crippen molar-refractivity contribution in [2.24, 2.45) is 11.8 Å². The summed E-state index contributed by atoms with van der Waals surface area (Å²) in [5.41, 5.74) is 0.604. The molecule has 0 aromatic carbocycles. The van der Waals surface area contributed by atoms with Crippen LogP contribution in [-0.4, -0.2) is 72.8 Å². The Morgan fingerprint density at radius 1 is 1.19 bits per heavy atom. The number of ether oxygens (including phenoxy) is 1. The molecule has 4 rings (SSSR count). The van der Waals surface area contributed by atoms with Crippen molar-refractivity contribution < 1.29 is 13.2 Å². The summed E-state index contributed by atoms with van der Waals surface area (Å²) in [7, 11) is -3.47. The lowest BCUT2D eigenvalue weighted by molar-refractivity contribution is -0.0480. The van der Waals surface area contributed by atoms with Crippen molar-refractivity contribution in [1.29, 1.82) is 0 Å². The van der Waals surface area contributed by atoms with Gasteiger partial charge in [0.1, 0.15) is 4.90 Å². The molecular formula is C18H30N4O3S. The Labute approximate surface area is 156 Å². The van der Waals surface area contributed by atoms with Gasteiger partial charge in [0.25, 0.3) is 0 Å². The molecule has 1 aromatic heterocycles. The van der Waals surface area contributed by atoms with E-state index >= 15 is 0 Å². The molecule has 8 heteroatoms. The standard InChI is InChI=1S/C18H30N4O3S/c1-3-21-13-17(14(2)19-21)26(23,24)22-11-15-5-4-6-16(12-22)18(15)20-7-9-25-10-8-20/h13,15-16,18H,3-12H2,1-2H3. The average molecular weight is 383 g/mol. The number of fused-ring (bicyclic) bond motifs is 2. The highest BCUT2D eigenvalue weighted by Crippen LogP contribution is 2.40. The third kappa shape index (κ3) is 3.21. The third-order valence-electron chi connectivity index (χ3n) is 6.30. The number of hydrogen-bond acceptors (Lipinski definition) is 5. The zero-order valence-electron chi connectivity index (χ0n) is 15.8. The maximum absolute atomic E-state index is 13.3. The molecule has 2 bridgehead atoms. The number of morpholine rings is 1. The van der Waals surface area contributed by atoms with Gasteiger partial charge < -0.3 is 4.74 Å². The van der Waals surface area contributed by atoms with E-state index < -0.39 is 10.0 Å². The number of aryl methyl sites for hydroxylation is 2. The van der Waals surface area contributed by atoms with E-state index in [1.54, 1.807) is 22.1 Å². The molecule has 3 fully saturated rings. The highest BCUT2D eigenvalue weighted by atomic mass is 32.2. The summed E-state index contributed by atoms with van der Waals surface area (Å²) in [6.45, 7) is 9.28. The summed E-state index contributed by atoms with van der Waals surface area (Å²) in [6, 6.07) is 0.513. The molecule has 2 saturated heterocycles. The zero-order valence-corrected chi connectivity index (χ0v) is 16.6. The number of aromatic nitrogens is 2. The highest BCUT2D eigenvalue weighted by molar-refractivity contribution is 7.89. The van der Waals surface area contributed by atoms with Crippen LogP contribution in [-0.2, 0) is 21.3 Å². The lowest BCUT2D eigenvalue weighted by atomic mass is 9.73. The maximum Gasteiger partial charge on any atom is 0.246 e. The van der Waals surface area contributed by atoms with E-state index in [4.69, 9.17) is 4.74 Å². The van der Waals surface area contributed by atoms with Crippen molar-refractivity contribution in [3.05, 3.63) is 11.9 Å². The first-order valence-electron chi connectivity index (χ1n) is 9.86. The molecular weight excluding hydrogens is 352 g/mol. The van der Waals surface area contributed by atoms with Gasteiger partial charge in [-0.05, 0) is 38.5 Å². The summed E-state index contributed by atoms with van der Waals surface area (Å²) >= 11 is 0. The van der Waals surface area contributed by atoms with E-state index in [1.807, 2.05) is 6.92 Å². The molecule has 2 aliphatic heterocycles. The molecule has 7 nitrogen and oxygen atoms in total. The number of rotatable bonds is 4. The predicted molar refractivity (Wildman–Crippen MR) is 98.4 cm³/mol. The van der Waals surface area contributed by atoms with Gasteiger partial charge in [-0.1, -0.05) is 6.42 Å². The van der Waals surface area contributed by atoms with Gasteiger partial charge in [-0.3, -0.25) is 9.58 Å². The molecule has 2 atom stereocenters. The van der Waals surface area contributed by atoms with Crippen LogP contribution >= 0.6 is 0 Å². The molecule has 1 aromatic rings. The van der Waals surface area contributed by atoms with Crippen LogP contribution in [0, 0.1) is 18.8 Å². The molecule has 0 spiro atoms. The first-order chi connectivity index (χ1) is 12.5. The second kappa shape index (κ2) is 7.22. The molecule has 2 unspecified atom stereocenters. The molecule has 26 heavy (non-hydrogen) atoms. The number of hydrogen-bond donors (Lipinski definition) is 0. The van der Waals surface area contributed by atoms with Crippen LogP contribution in [0.2, 0.25) is 0 Å². The Balaban J connectivity index is 1.57.